The number of hydrogen-bond donors (Lipinski definition) is 1. The van der Waals surface area contributed by atoms with Gasteiger partial charge < -0.3 is 9.84 Å². The fourth-order valence-electron chi connectivity index (χ4n) is 1.32. The molecule has 0 aromatic heterocycles. The third-order valence-corrected chi connectivity index (χ3v) is 1.97. The van der Waals surface area contributed by atoms with Crippen LogP contribution in [0.25, 0.3) is 0 Å². The molecule has 1 aromatic rings. The maximum Gasteiger partial charge on any atom is 0.336 e. The maximum absolute atomic E-state index is 13.2. The number of methoxy groups -OCH3 is 1. The second kappa shape index (κ2) is 4.19. The maximum atomic E-state index is 13.2. The van der Waals surface area contributed by atoms with Crippen LogP contribution in [0.5, 0.6) is 0 Å². The Hall–Kier alpha value is -1.42. The predicted octanol–water partition coefficient (Wildman–Crippen LogP) is 1.98. The molecule has 0 saturated heterocycles. The van der Waals surface area contributed by atoms with Crippen molar-refractivity contribution >= 4 is 5.97 Å². The van der Waals surface area contributed by atoms with Crippen LogP contribution in [0.3, 0.4) is 0 Å². The van der Waals surface area contributed by atoms with Crippen molar-refractivity contribution in [2.45, 2.75) is 13.5 Å². The zero-order valence-corrected chi connectivity index (χ0v) is 8.00. The summed E-state index contributed by atoms with van der Waals surface area (Å²) in [7, 11) is 1.40. The van der Waals surface area contributed by atoms with Gasteiger partial charge in [-0.15, -0.1) is 0 Å². The van der Waals surface area contributed by atoms with E-state index in [0.717, 1.165) is 0 Å². The summed E-state index contributed by atoms with van der Waals surface area (Å²) in [6.45, 7) is 1.59. The van der Waals surface area contributed by atoms with E-state index in [1.165, 1.54) is 19.2 Å². The third-order valence-electron chi connectivity index (χ3n) is 1.97. The number of aryl methyl sites for hydroxylation is 1. The standard InChI is InChI=1S/C10H11FO3/c1-6-3-4-8(11)7(5-14-2)9(6)10(12)13/h3-4H,5H2,1-2H3,(H,12,13). The molecule has 0 saturated carbocycles. The summed E-state index contributed by atoms with van der Waals surface area (Å²) in [4.78, 5) is 10.8. The highest BCUT2D eigenvalue weighted by atomic mass is 19.1. The lowest BCUT2D eigenvalue weighted by Crippen LogP contribution is -2.08. The van der Waals surface area contributed by atoms with Gasteiger partial charge in [0, 0.05) is 12.7 Å². The van der Waals surface area contributed by atoms with Gasteiger partial charge in [-0.1, -0.05) is 6.07 Å². The molecule has 0 heterocycles. The van der Waals surface area contributed by atoms with E-state index >= 15 is 0 Å². The molecule has 0 aliphatic rings. The number of rotatable bonds is 3. The first-order valence-electron chi connectivity index (χ1n) is 4.08. The Labute approximate surface area is 81.1 Å². The van der Waals surface area contributed by atoms with E-state index in [1.54, 1.807) is 6.92 Å². The zero-order chi connectivity index (χ0) is 10.7. The molecule has 3 nitrogen and oxygen atoms in total. The minimum atomic E-state index is -1.13. The fourth-order valence-corrected chi connectivity index (χ4v) is 1.32. The van der Waals surface area contributed by atoms with Gasteiger partial charge in [-0.05, 0) is 18.6 Å². The van der Waals surface area contributed by atoms with E-state index in [2.05, 4.69) is 0 Å². The van der Waals surface area contributed by atoms with Crippen molar-refractivity contribution < 1.29 is 19.0 Å². The van der Waals surface area contributed by atoms with E-state index in [1.807, 2.05) is 0 Å². The zero-order valence-electron chi connectivity index (χ0n) is 8.00. The van der Waals surface area contributed by atoms with Crippen LogP contribution in [0.1, 0.15) is 21.5 Å². The van der Waals surface area contributed by atoms with E-state index in [0.29, 0.717) is 5.56 Å². The molecule has 14 heavy (non-hydrogen) atoms. The number of hydrogen-bond acceptors (Lipinski definition) is 2. The SMILES string of the molecule is COCc1c(F)ccc(C)c1C(=O)O. The molecule has 0 aliphatic heterocycles. The van der Waals surface area contributed by atoms with Gasteiger partial charge in [0.15, 0.2) is 0 Å². The van der Waals surface area contributed by atoms with E-state index < -0.39 is 11.8 Å². The molecule has 0 fully saturated rings. The Morgan fingerprint density at radius 2 is 2.21 bits per heavy atom. The average molecular weight is 198 g/mol. The van der Waals surface area contributed by atoms with Crippen molar-refractivity contribution in [1.82, 2.24) is 0 Å². The third kappa shape index (κ3) is 1.90. The van der Waals surface area contributed by atoms with Crippen molar-refractivity contribution in [2.75, 3.05) is 7.11 Å². The number of benzene rings is 1. The Kier molecular flexibility index (Phi) is 3.19. The lowest BCUT2D eigenvalue weighted by Gasteiger charge is -2.08. The van der Waals surface area contributed by atoms with Crippen molar-refractivity contribution in [3.63, 3.8) is 0 Å². The van der Waals surface area contributed by atoms with Crippen LogP contribution < -0.4 is 0 Å². The smallest absolute Gasteiger partial charge is 0.336 e. The summed E-state index contributed by atoms with van der Waals surface area (Å²) in [6.07, 6.45) is 0. The van der Waals surface area contributed by atoms with Gasteiger partial charge in [-0.2, -0.15) is 0 Å². The molecule has 76 valence electrons. The van der Waals surface area contributed by atoms with Crippen LogP contribution in [0.4, 0.5) is 4.39 Å². The summed E-state index contributed by atoms with van der Waals surface area (Å²) >= 11 is 0. The summed E-state index contributed by atoms with van der Waals surface area (Å²) in [6, 6.07) is 2.69. The van der Waals surface area contributed by atoms with Crippen molar-refractivity contribution in [3.8, 4) is 0 Å². The summed E-state index contributed by atoms with van der Waals surface area (Å²) < 4.78 is 18.0. The molecule has 0 radical (unpaired) electrons. The van der Waals surface area contributed by atoms with Crippen LogP contribution in [-0.4, -0.2) is 18.2 Å². The lowest BCUT2D eigenvalue weighted by molar-refractivity contribution is 0.0690. The molecule has 1 aromatic carbocycles. The number of carbonyl (C=O) groups is 1. The lowest BCUT2D eigenvalue weighted by atomic mass is 10.0. The number of ether oxygens (including phenoxy) is 1. The molecular formula is C10H11FO3. The number of carboxylic acid groups (broad SMARTS) is 1. The Bertz CT molecular complexity index is 361. The minimum Gasteiger partial charge on any atom is -0.478 e. The molecular weight excluding hydrogens is 187 g/mol. The first kappa shape index (κ1) is 10.7. The highest BCUT2D eigenvalue weighted by Crippen LogP contribution is 2.18. The molecule has 4 heteroatoms. The Morgan fingerprint density at radius 3 is 2.71 bits per heavy atom. The van der Waals surface area contributed by atoms with Crippen LogP contribution in [0.15, 0.2) is 12.1 Å². The molecule has 0 aliphatic carbocycles. The van der Waals surface area contributed by atoms with Gasteiger partial charge in [0.1, 0.15) is 5.82 Å². The molecule has 0 atom stereocenters. The molecule has 0 bridgehead atoms. The highest BCUT2D eigenvalue weighted by Gasteiger charge is 2.16. The van der Waals surface area contributed by atoms with Gasteiger partial charge in [0.25, 0.3) is 0 Å². The topological polar surface area (TPSA) is 46.5 Å². The van der Waals surface area contributed by atoms with Crippen LogP contribution in [0, 0.1) is 12.7 Å². The second-order valence-corrected chi connectivity index (χ2v) is 2.96. The first-order valence-corrected chi connectivity index (χ1v) is 4.08. The molecule has 1 rings (SSSR count). The van der Waals surface area contributed by atoms with E-state index in [-0.39, 0.29) is 17.7 Å². The van der Waals surface area contributed by atoms with Crippen LogP contribution in [-0.2, 0) is 11.3 Å². The van der Waals surface area contributed by atoms with Crippen LogP contribution in [0.2, 0.25) is 0 Å². The molecule has 0 amide bonds. The van der Waals surface area contributed by atoms with Crippen molar-refractivity contribution in [3.05, 3.63) is 34.6 Å². The predicted molar refractivity (Wildman–Crippen MR) is 48.8 cm³/mol. The van der Waals surface area contributed by atoms with Crippen molar-refractivity contribution in [2.24, 2.45) is 0 Å². The summed E-state index contributed by atoms with van der Waals surface area (Å²) in [5.41, 5.74) is 0.623. The van der Waals surface area contributed by atoms with Gasteiger partial charge >= 0.3 is 5.97 Å². The minimum absolute atomic E-state index is 0.00755. The second-order valence-electron chi connectivity index (χ2n) is 2.96. The monoisotopic (exact) mass is 198 g/mol. The molecule has 0 spiro atoms. The van der Waals surface area contributed by atoms with E-state index in [4.69, 9.17) is 9.84 Å². The van der Waals surface area contributed by atoms with Crippen LogP contribution >= 0.6 is 0 Å². The van der Waals surface area contributed by atoms with E-state index in [9.17, 15) is 9.18 Å². The Balaban J connectivity index is 3.33. The van der Waals surface area contributed by atoms with Gasteiger partial charge in [-0.3, -0.25) is 0 Å². The van der Waals surface area contributed by atoms with Gasteiger partial charge in [0.05, 0.1) is 12.2 Å². The highest BCUT2D eigenvalue weighted by molar-refractivity contribution is 5.91. The fraction of sp³-hybridized carbons (Fsp3) is 0.300. The van der Waals surface area contributed by atoms with Gasteiger partial charge in [-0.25, -0.2) is 9.18 Å². The molecule has 0 unspecified atom stereocenters. The molecule has 1 N–H and O–H groups in total. The largest absolute Gasteiger partial charge is 0.478 e. The number of halogens is 1. The first-order chi connectivity index (χ1) is 6.57. The quantitative estimate of drug-likeness (QED) is 0.807. The Morgan fingerprint density at radius 1 is 1.57 bits per heavy atom. The number of carboxylic acids is 1. The van der Waals surface area contributed by atoms with Crippen molar-refractivity contribution in [1.29, 1.82) is 0 Å². The summed E-state index contributed by atoms with van der Waals surface area (Å²) in [5, 5.41) is 8.88. The number of aromatic carboxylic acids is 1. The summed E-state index contributed by atoms with van der Waals surface area (Å²) in [5.74, 6) is -1.68. The average Bonchev–Trinajstić information content (AvgIpc) is 2.11. The normalized spacial score (nSPS) is 10.2. The van der Waals surface area contributed by atoms with Gasteiger partial charge in [0.2, 0.25) is 0 Å².